The molecule has 0 saturated heterocycles. The van der Waals surface area contributed by atoms with Gasteiger partial charge < -0.3 is 11.1 Å². The summed E-state index contributed by atoms with van der Waals surface area (Å²) in [6.45, 7) is 6.00. The minimum atomic E-state index is -0.689. The van der Waals surface area contributed by atoms with E-state index in [1.54, 1.807) is 16.9 Å². The van der Waals surface area contributed by atoms with Gasteiger partial charge in [0.25, 0.3) is 0 Å². The summed E-state index contributed by atoms with van der Waals surface area (Å²) in [6.07, 6.45) is 1.66. The lowest BCUT2D eigenvalue weighted by Crippen LogP contribution is -2.29. The largest absolute Gasteiger partial charge is 0.316 e. The summed E-state index contributed by atoms with van der Waals surface area (Å²) in [5.41, 5.74) is 7.92. The Balaban J connectivity index is 2.11. The number of nitrogens with two attached hydrogens (primary N) is 1. The first-order valence-corrected chi connectivity index (χ1v) is 6.65. The van der Waals surface area contributed by atoms with Crippen LogP contribution in [0.15, 0.2) is 36.5 Å². The molecule has 1 aromatic carbocycles. The molecule has 1 amide bonds. The van der Waals surface area contributed by atoms with Crippen molar-refractivity contribution in [2.45, 2.75) is 32.9 Å². The van der Waals surface area contributed by atoms with Crippen LogP contribution in [0.5, 0.6) is 0 Å². The van der Waals surface area contributed by atoms with Crippen LogP contribution < -0.4 is 11.1 Å². The third-order valence-corrected chi connectivity index (χ3v) is 3.13. The maximum Gasteiger partial charge on any atom is 0.247 e. The van der Waals surface area contributed by atoms with Crippen LogP contribution in [0, 0.1) is 6.92 Å². The van der Waals surface area contributed by atoms with Crippen molar-refractivity contribution in [2.24, 2.45) is 5.73 Å². The minimum absolute atomic E-state index is 0.177. The lowest BCUT2D eigenvalue weighted by atomic mass is 10.1. The number of benzene rings is 1. The van der Waals surface area contributed by atoms with Crippen LogP contribution in [0.4, 0.5) is 5.82 Å². The van der Waals surface area contributed by atoms with Gasteiger partial charge in [0.1, 0.15) is 11.9 Å². The van der Waals surface area contributed by atoms with E-state index in [2.05, 4.69) is 10.4 Å². The molecule has 0 aliphatic heterocycles. The van der Waals surface area contributed by atoms with E-state index in [1.807, 2.05) is 45.0 Å². The Hall–Kier alpha value is -2.14. The molecule has 106 valence electrons. The smallest absolute Gasteiger partial charge is 0.247 e. The standard InChI is InChI=1S/C15H20N4O/c1-10(2)19-13(8-9-17-19)18-15(20)14(16)12-6-4-11(3)5-7-12/h4-10,14H,16H2,1-3H3,(H,18,20). The molecule has 2 aromatic rings. The molecule has 1 heterocycles. The molecule has 0 radical (unpaired) electrons. The van der Waals surface area contributed by atoms with Crippen molar-refractivity contribution in [3.05, 3.63) is 47.7 Å². The summed E-state index contributed by atoms with van der Waals surface area (Å²) >= 11 is 0. The molecule has 5 nitrogen and oxygen atoms in total. The first-order chi connectivity index (χ1) is 9.49. The highest BCUT2D eigenvalue weighted by atomic mass is 16.2. The van der Waals surface area contributed by atoms with E-state index in [4.69, 9.17) is 5.73 Å². The number of rotatable bonds is 4. The second-order valence-electron chi connectivity index (χ2n) is 5.13. The quantitative estimate of drug-likeness (QED) is 0.897. The maximum absolute atomic E-state index is 12.2. The van der Waals surface area contributed by atoms with Crippen LogP contribution in [0.1, 0.15) is 37.1 Å². The summed E-state index contributed by atoms with van der Waals surface area (Å²) in [4.78, 5) is 12.2. The minimum Gasteiger partial charge on any atom is -0.316 e. The number of aromatic nitrogens is 2. The molecule has 1 unspecified atom stereocenters. The van der Waals surface area contributed by atoms with Crippen LogP contribution >= 0.6 is 0 Å². The molecule has 5 heteroatoms. The normalized spacial score (nSPS) is 12.4. The molecule has 1 atom stereocenters. The fourth-order valence-corrected chi connectivity index (χ4v) is 1.95. The van der Waals surface area contributed by atoms with Crippen LogP contribution in [0.3, 0.4) is 0 Å². The molecular formula is C15H20N4O. The monoisotopic (exact) mass is 272 g/mol. The molecule has 0 fully saturated rings. The molecule has 0 bridgehead atoms. The Kier molecular flexibility index (Phi) is 4.20. The number of carbonyl (C=O) groups excluding carboxylic acids is 1. The maximum atomic E-state index is 12.2. The van der Waals surface area contributed by atoms with E-state index in [-0.39, 0.29) is 11.9 Å². The zero-order valence-electron chi connectivity index (χ0n) is 12.0. The number of nitrogens with zero attached hydrogens (tertiary/aromatic N) is 2. The first-order valence-electron chi connectivity index (χ1n) is 6.65. The van der Waals surface area contributed by atoms with E-state index in [0.717, 1.165) is 11.1 Å². The predicted octanol–water partition coefficient (Wildman–Crippen LogP) is 2.41. The Labute approximate surface area is 118 Å². The summed E-state index contributed by atoms with van der Waals surface area (Å²) in [7, 11) is 0. The average Bonchev–Trinajstić information content (AvgIpc) is 2.87. The third kappa shape index (κ3) is 3.05. The third-order valence-electron chi connectivity index (χ3n) is 3.13. The van der Waals surface area contributed by atoms with Gasteiger partial charge in [-0.05, 0) is 26.3 Å². The van der Waals surface area contributed by atoms with E-state index >= 15 is 0 Å². The number of carbonyl (C=O) groups is 1. The lowest BCUT2D eigenvalue weighted by Gasteiger charge is -2.15. The lowest BCUT2D eigenvalue weighted by molar-refractivity contribution is -0.117. The van der Waals surface area contributed by atoms with E-state index < -0.39 is 6.04 Å². The van der Waals surface area contributed by atoms with Gasteiger partial charge in [-0.3, -0.25) is 4.79 Å². The Bertz CT molecular complexity index is 586. The Morgan fingerprint density at radius 2 is 1.90 bits per heavy atom. The molecule has 0 saturated carbocycles. The van der Waals surface area contributed by atoms with Gasteiger partial charge in [-0.25, -0.2) is 4.68 Å². The Morgan fingerprint density at radius 1 is 1.25 bits per heavy atom. The zero-order valence-corrected chi connectivity index (χ0v) is 12.0. The first kappa shape index (κ1) is 14.3. The molecule has 1 aromatic heterocycles. The number of anilines is 1. The van der Waals surface area contributed by atoms with E-state index in [1.165, 1.54) is 0 Å². The fraction of sp³-hybridized carbons (Fsp3) is 0.333. The molecule has 2 rings (SSSR count). The molecule has 3 N–H and O–H groups in total. The van der Waals surface area contributed by atoms with Crippen molar-refractivity contribution in [3.63, 3.8) is 0 Å². The van der Waals surface area contributed by atoms with Gasteiger partial charge in [-0.2, -0.15) is 5.10 Å². The van der Waals surface area contributed by atoms with Gasteiger partial charge in [0.05, 0.1) is 6.20 Å². The van der Waals surface area contributed by atoms with Crippen LogP contribution in [-0.2, 0) is 4.79 Å². The van der Waals surface area contributed by atoms with Crippen molar-refractivity contribution < 1.29 is 4.79 Å². The number of aryl methyl sites for hydroxylation is 1. The molecular weight excluding hydrogens is 252 g/mol. The van der Waals surface area contributed by atoms with Crippen LogP contribution in [0.2, 0.25) is 0 Å². The van der Waals surface area contributed by atoms with Crippen molar-refractivity contribution in [3.8, 4) is 0 Å². The fourth-order valence-electron chi connectivity index (χ4n) is 1.95. The number of hydrogen-bond acceptors (Lipinski definition) is 3. The van der Waals surface area contributed by atoms with Crippen molar-refractivity contribution in [1.29, 1.82) is 0 Å². The molecule has 0 aliphatic rings. The SMILES string of the molecule is Cc1ccc(C(N)C(=O)Nc2ccnn2C(C)C)cc1. The van der Waals surface area contributed by atoms with Gasteiger partial charge in [0.15, 0.2) is 0 Å². The number of amides is 1. The highest BCUT2D eigenvalue weighted by Crippen LogP contribution is 2.17. The van der Waals surface area contributed by atoms with Gasteiger partial charge in [-0.15, -0.1) is 0 Å². The van der Waals surface area contributed by atoms with Crippen LogP contribution in [-0.4, -0.2) is 15.7 Å². The van der Waals surface area contributed by atoms with E-state index in [0.29, 0.717) is 5.82 Å². The van der Waals surface area contributed by atoms with Gasteiger partial charge >= 0.3 is 0 Å². The summed E-state index contributed by atoms with van der Waals surface area (Å²) < 4.78 is 1.75. The summed E-state index contributed by atoms with van der Waals surface area (Å²) in [6, 6.07) is 8.89. The van der Waals surface area contributed by atoms with Crippen molar-refractivity contribution >= 4 is 11.7 Å². The predicted molar refractivity (Wildman–Crippen MR) is 79.3 cm³/mol. The molecule has 0 aliphatic carbocycles. The second-order valence-corrected chi connectivity index (χ2v) is 5.13. The molecule has 0 spiro atoms. The van der Waals surface area contributed by atoms with Gasteiger partial charge in [0, 0.05) is 12.1 Å². The number of hydrogen-bond donors (Lipinski definition) is 2. The topological polar surface area (TPSA) is 72.9 Å². The highest BCUT2D eigenvalue weighted by molar-refractivity contribution is 5.94. The molecule has 20 heavy (non-hydrogen) atoms. The summed E-state index contributed by atoms with van der Waals surface area (Å²) in [5, 5.41) is 6.99. The zero-order chi connectivity index (χ0) is 14.7. The second kappa shape index (κ2) is 5.88. The summed E-state index contributed by atoms with van der Waals surface area (Å²) in [5.74, 6) is 0.420. The Morgan fingerprint density at radius 3 is 2.50 bits per heavy atom. The average molecular weight is 272 g/mol. The van der Waals surface area contributed by atoms with E-state index in [9.17, 15) is 4.79 Å². The van der Waals surface area contributed by atoms with Gasteiger partial charge in [0.2, 0.25) is 5.91 Å². The van der Waals surface area contributed by atoms with Crippen molar-refractivity contribution in [2.75, 3.05) is 5.32 Å². The van der Waals surface area contributed by atoms with Gasteiger partial charge in [-0.1, -0.05) is 29.8 Å². The van der Waals surface area contributed by atoms with Crippen LogP contribution in [0.25, 0.3) is 0 Å². The number of nitrogens with one attached hydrogen (secondary N) is 1. The van der Waals surface area contributed by atoms with Crippen molar-refractivity contribution in [1.82, 2.24) is 9.78 Å². The highest BCUT2D eigenvalue weighted by Gasteiger charge is 2.17.